The van der Waals surface area contributed by atoms with E-state index in [1.54, 1.807) is 0 Å². The van der Waals surface area contributed by atoms with Crippen LogP contribution in [0.5, 0.6) is 0 Å². The van der Waals surface area contributed by atoms with Crippen LogP contribution in [0.4, 0.5) is 13.2 Å². The molecule has 2 unspecified atom stereocenters. The maximum atomic E-state index is 10.6. The second-order valence-electron chi connectivity index (χ2n) is 7.91. The van der Waals surface area contributed by atoms with Crippen molar-refractivity contribution in [2.45, 2.75) is 57.4 Å². The van der Waals surface area contributed by atoms with Gasteiger partial charge in [0.2, 0.25) is 0 Å². The Balaban J connectivity index is 0.000000256. The molecule has 3 N–H and O–H groups in total. The Kier molecular flexibility index (Phi) is 5.82. The van der Waals surface area contributed by atoms with E-state index in [9.17, 15) is 13.2 Å². The van der Waals surface area contributed by atoms with E-state index in [1.165, 1.54) is 39.0 Å². The molecule has 0 aromatic rings. The Morgan fingerprint density at radius 2 is 1.58 bits per heavy atom. The van der Waals surface area contributed by atoms with E-state index >= 15 is 0 Å². The number of hydrogen-bond donors (Lipinski definition) is 3. The van der Waals surface area contributed by atoms with Crippen molar-refractivity contribution >= 4 is 5.97 Å². The first-order valence-electron chi connectivity index (χ1n) is 8.52. The molecule has 3 aliphatic rings. The molecule has 0 bridgehead atoms. The topological polar surface area (TPSA) is 64.6 Å². The minimum Gasteiger partial charge on any atom is -0.475 e. The van der Waals surface area contributed by atoms with Gasteiger partial charge in [-0.3, -0.25) is 4.90 Å². The van der Waals surface area contributed by atoms with Gasteiger partial charge in [0.15, 0.2) is 0 Å². The van der Waals surface area contributed by atoms with Crippen LogP contribution in [-0.2, 0) is 4.79 Å². The molecule has 2 heterocycles. The summed E-state index contributed by atoms with van der Waals surface area (Å²) in [6, 6.07) is 1.63. The Morgan fingerprint density at radius 3 is 1.96 bits per heavy atom. The van der Waals surface area contributed by atoms with Gasteiger partial charge in [0.25, 0.3) is 0 Å². The van der Waals surface area contributed by atoms with Crippen LogP contribution in [0, 0.1) is 11.8 Å². The number of nitrogens with one attached hydrogen (secondary N) is 2. The largest absolute Gasteiger partial charge is 0.490 e. The zero-order valence-corrected chi connectivity index (χ0v) is 14.5. The number of likely N-dealkylation sites (tertiary alicyclic amines) is 1. The first-order valence-corrected chi connectivity index (χ1v) is 8.52. The molecule has 0 spiro atoms. The fraction of sp³-hybridized carbons (Fsp3) is 0.938. The van der Waals surface area contributed by atoms with Crippen molar-refractivity contribution in [3.63, 3.8) is 0 Å². The lowest BCUT2D eigenvalue weighted by Gasteiger charge is -2.41. The third kappa shape index (κ3) is 5.07. The van der Waals surface area contributed by atoms with Gasteiger partial charge in [-0.15, -0.1) is 0 Å². The van der Waals surface area contributed by atoms with Crippen LogP contribution in [0.3, 0.4) is 0 Å². The number of fused-ring (bicyclic) bond motifs is 1. The van der Waals surface area contributed by atoms with Gasteiger partial charge in [-0.25, -0.2) is 4.79 Å². The van der Waals surface area contributed by atoms with Crippen molar-refractivity contribution in [2.24, 2.45) is 11.8 Å². The van der Waals surface area contributed by atoms with E-state index in [0.29, 0.717) is 5.54 Å². The van der Waals surface area contributed by atoms with E-state index in [1.807, 2.05) is 0 Å². The summed E-state index contributed by atoms with van der Waals surface area (Å²) in [5, 5.41) is 14.5. The first-order chi connectivity index (χ1) is 11.0. The lowest BCUT2D eigenvalue weighted by atomic mass is 9.98. The molecule has 3 fully saturated rings. The van der Waals surface area contributed by atoms with Gasteiger partial charge in [0.05, 0.1) is 0 Å². The molecule has 140 valence electrons. The van der Waals surface area contributed by atoms with E-state index < -0.39 is 12.1 Å². The van der Waals surface area contributed by atoms with Crippen LogP contribution in [0.25, 0.3) is 0 Å². The number of carboxylic acids is 1. The Labute approximate surface area is 141 Å². The van der Waals surface area contributed by atoms with Crippen molar-refractivity contribution in [3.8, 4) is 0 Å². The summed E-state index contributed by atoms with van der Waals surface area (Å²) in [4.78, 5) is 11.5. The van der Waals surface area contributed by atoms with Gasteiger partial charge in [-0.2, -0.15) is 13.2 Å². The Morgan fingerprint density at radius 1 is 1.12 bits per heavy atom. The zero-order valence-electron chi connectivity index (χ0n) is 14.5. The molecule has 24 heavy (non-hydrogen) atoms. The smallest absolute Gasteiger partial charge is 0.475 e. The van der Waals surface area contributed by atoms with Gasteiger partial charge in [-0.05, 0) is 58.5 Å². The van der Waals surface area contributed by atoms with Gasteiger partial charge < -0.3 is 15.7 Å². The van der Waals surface area contributed by atoms with Gasteiger partial charge in [0.1, 0.15) is 0 Å². The number of carbonyl (C=O) groups is 1. The van der Waals surface area contributed by atoms with Crippen LogP contribution in [-0.4, -0.2) is 66.0 Å². The predicted molar refractivity (Wildman–Crippen MR) is 84.8 cm³/mol. The normalized spacial score (nSPS) is 31.2. The fourth-order valence-electron chi connectivity index (χ4n) is 3.65. The maximum Gasteiger partial charge on any atom is 0.490 e. The monoisotopic (exact) mass is 351 g/mol. The molecule has 5 nitrogen and oxygen atoms in total. The molecule has 8 heteroatoms. The molecule has 3 rings (SSSR count). The van der Waals surface area contributed by atoms with E-state index in [-0.39, 0.29) is 0 Å². The second kappa shape index (κ2) is 7.17. The summed E-state index contributed by atoms with van der Waals surface area (Å²) in [5.41, 5.74) is 0.352. The highest BCUT2D eigenvalue weighted by Gasteiger charge is 2.53. The number of nitrogens with zero attached hydrogens (tertiary/aromatic N) is 1. The van der Waals surface area contributed by atoms with Crippen LogP contribution >= 0.6 is 0 Å². The number of aliphatic carboxylic acids is 1. The summed E-state index contributed by atoms with van der Waals surface area (Å²) in [5.74, 6) is -0.848. The quantitative estimate of drug-likeness (QED) is 0.707. The second-order valence-corrected chi connectivity index (χ2v) is 7.91. The summed E-state index contributed by atoms with van der Waals surface area (Å²) < 4.78 is 31.7. The number of carboxylic acid groups (broad SMARTS) is 1. The molecule has 2 aliphatic heterocycles. The first kappa shape index (κ1) is 19.5. The molecule has 1 saturated carbocycles. The molecule has 2 saturated heterocycles. The van der Waals surface area contributed by atoms with Gasteiger partial charge >= 0.3 is 12.1 Å². The highest BCUT2D eigenvalue weighted by Crippen LogP contribution is 2.42. The zero-order chi connectivity index (χ0) is 18.1. The van der Waals surface area contributed by atoms with Gasteiger partial charge in [-0.1, -0.05) is 0 Å². The molecular formula is C16H28F3N3O2. The van der Waals surface area contributed by atoms with E-state index in [0.717, 1.165) is 23.9 Å². The number of halogens is 3. The average Bonchev–Trinajstić information content (AvgIpc) is 2.90. The summed E-state index contributed by atoms with van der Waals surface area (Å²) in [7, 11) is 0. The van der Waals surface area contributed by atoms with Crippen molar-refractivity contribution in [2.75, 3.05) is 26.2 Å². The van der Waals surface area contributed by atoms with Crippen LogP contribution < -0.4 is 10.6 Å². The molecule has 0 radical (unpaired) electrons. The predicted octanol–water partition coefficient (Wildman–Crippen LogP) is 1.69. The fourth-order valence-corrected chi connectivity index (χ4v) is 3.65. The molecule has 0 aromatic heterocycles. The molecule has 2 atom stereocenters. The van der Waals surface area contributed by atoms with Crippen molar-refractivity contribution in [1.29, 1.82) is 0 Å². The number of piperidine rings is 2. The van der Waals surface area contributed by atoms with E-state index in [4.69, 9.17) is 9.90 Å². The third-order valence-electron chi connectivity index (χ3n) is 5.21. The van der Waals surface area contributed by atoms with Gasteiger partial charge in [0, 0.05) is 30.7 Å². The van der Waals surface area contributed by atoms with Crippen molar-refractivity contribution in [3.05, 3.63) is 0 Å². The number of alkyl halides is 3. The van der Waals surface area contributed by atoms with Crippen molar-refractivity contribution in [1.82, 2.24) is 15.5 Å². The van der Waals surface area contributed by atoms with Crippen LogP contribution in [0.15, 0.2) is 0 Å². The standard InChI is InChI=1S/C14H27N3.C2HF3O2/c1-14(2,3)17-6-4-10(5-7-17)16-13-11-8-15-9-12(11)13;3-2(4,5)1(6)7/h10-13,15-16H,4-9H2,1-3H3;(H,6,7). The molecule has 0 aromatic carbocycles. The summed E-state index contributed by atoms with van der Waals surface area (Å²) in [6.07, 6.45) is -2.42. The lowest BCUT2D eigenvalue weighted by molar-refractivity contribution is -0.192. The molecular weight excluding hydrogens is 323 g/mol. The van der Waals surface area contributed by atoms with E-state index in [2.05, 4.69) is 36.3 Å². The summed E-state index contributed by atoms with van der Waals surface area (Å²) >= 11 is 0. The maximum absolute atomic E-state index is 10.6. The minimum absolute atomic E-state index is 0.352. The number of rotatable bonds is 2. The highest BCUT2D eigenvalue weighted by atomic mass is 19.4. The highest BCUT2D eigenvalue weighted by molar-refractivity contribution is 5.73. The van der Waals surface area contributed by atoms with Crippen LogP contribution in [0.2, 0.25) is 0 Å². The molecule has 1 aliphatic carbocycles. The van der Waals surface area contributed by atoms with Crippen molar-refractivity contribution < 1.29 is 23.1 Å². The Hall–Kier alpha value is -0.860. The number of hydrogen-bond acceptors (Lipinski definition) is 4. The average molecular weight is 351 g/mol. The SMILES string of the molecule is CC(C)(C)N1CCC(NC2C3CNCC32)CC1.O=C(O)C(F)(F)F. The lowest BCUT2D eigenvalue weighted by Crippen LogP contribution is -2.50. The third-order valence-corrected chi connectivity index (χ3v) is 5.21. The summed E-state index contributed by atoms with van der Waals surface area (Å²) in [6.45, 7) is 12.0. The minimum atomic E-state index is -5.08. The molecule has 0 amide bonds. The van der Waals surface area contributed by atoms with Crippen LogP contribution in [0.1, 0.15) is 33.6 Å². The Bertz CT molecular complexity index is 433.